The van der Waals surface area contributed by atoms with E-state index in [2.05, 4.69) is 15.7 Å². The summed E-state index contributed by atoms with van der Waals surface area (Å²) in [4.78, 5) is 24.1. The average Bonchev–Trinajstić information content (AvgIpc) is 3.38. The van der Waals surface area contributed by atoms with Gasteiger partial charge < -0.3 is 15.2 Å². The molecule has 0 fully saturated rings. The number of nitrogens with zero attached hydrogens (tertiary/aromatic N) is 3. The third-order valence-corrected chi connectivity index (χ3v) is 4.44. The number of aromatic nitrogens is 3. The van der Waals surface area contributed by atoms with E-state index in [0.29, 0.717) is 17.2 Å². The molecule has 4 aromatic rings. The largest absolute Gasteiger partial charge is 0.326 e. The highest BCUT2D eigenvalue weighted by atomic mass is 19.1. The number of hydrogen-bond acceptors (Lipinski definition) is 3. The van der Waals surface area contributed by atoms with Gasteiger partial charge >= 0.3 is 0 Å². The minimum Gasteiger partial charge on any atom is -0.326 e. The van der Waals surface area contributed by atoms with Crippen molar-refractivity contribution >= 4 is 23.2 Å². The van der Waals surface area contributed by atoms with Gasteiger partial charge in [0.2, 0.25) is 5.91 Å². The summed E-state index contributed by atoms with van der Waals surface area (Å²) >= 11 is 0. The van der Waals surface area contributed by atoms with Crippen LogP contribution < -0.4 is 10.6 Å². The monoisotopic (exact) mass is 421 g/mol. The highest BCUT2D eigenvalue weighted by molar-refractivity contribution is 6.06. The van der Waals surface area contributed by atoms with Crippen LogP contribution in [0.2, 0.25) is 0 Å². The van der Waals surface area contributed by atoms with Crippen LogP contribution in [-0.4, -0.2) is 26.2 Å². The molecule has 0 aliphatic carbocycles. The zero-order valence-corrected chi connectivity index (χ0v) is 16.3. The number of halogens is 2. The molecule has 2 N–H and O–H groups in total. The Morgan fingerprint density at radius 1 is 0.935 bits per heavy atom. The minimum absolute atomic E-state index is 0.00353. The van der Waals surface area contributed by atoms with Crippen LogP contribution in [0.4, 0.5) is 20.2 Å². The van der Waals surface area contributed by atoms with Gasteiger partial charge in [0.05, 0.1) is 6.20 Å². The SMILES string of the molecule is CC(=O)Nc1ccc(NC(=O)c2cnn(-c3ccc(F)cc3F)c2-n2cccc2)cc1. The maximum atomic E-state index is 14.4. The number of benzene rings is 2. The molecule has 4 rings (SSSR count). The lowest BCUT2D eigenvalue weighted by atomic mass is 10.2. The Balaban J connectivity index is 1.69. The van der Waals surface area contributed by atoms with Crippen LogP contribution in [0.1, 0.15) is 17.3 Å². The lowest BCUT2D eigenvalue weighted by Crippen LogP contribution is -2.15. The summed E-state index contributed by atoms with van der Waals surface area (Å²) < 4.78 is 30.6. The van der Waals surface area contributed by atoms with Crippen LogP contribution in [-0.2, 0) is 4.79 Å². The first-order chi connectivity index (χ1) is 14.9. The Morgan fingerprint density at radius 2 is 1.58 bits per heavy atom. The van der Waals surface area contributed by atoms with Crippen molar-refractivity contribution in [1.82, 2.24) is 14.3 Å². The molecule has 0 radical (unpaired) electrons. The van der Waals surface area contributed by atoms with E-state index in [4.69, 9.17) is 0 Å². The van der Waals surface area contributed by atoms with E-state index >= 15 is 0 Å². The number of anilines is 2. The summed E-state index contributed by atoms with van der Waals surface area (Å²) in [5.41, 5.74) is 1.28. The molecule has 156 valence electrons. The molecule has 0 saturated heterocycles. The van der Waals surface area contributed by atoms with E-state index in [9.17, 15) is 18.4 Å². The molecule has 2 aromatic heterocycles. The standard InChI is InChI=1S/C22H17F2N5O2/c1-14(30)26-16-5-7-17(8-6-16)27-21(31)18-13-25-29(22(18)28-10-2-3-11-28)20-9-4-15(23)12-19(20)24/h2-13H,1H3,(H,26,30)(H,27,31). The second kappa shape index (κ2) is 8.23. The predicted molar refractivity (Wildman–Crippen MR) is 112 cm³/mol. The second-order valence-electron chi connectivity index (χ2n) is 6.69. The molecule has 7 nitrogen and oxygen atoms in total. The van der Waals surface area contributed by atoms with Crippen LogP contribution in [0.5, 0.6) is 0 Å². The molecule has 0 bridgehead atoms. The van der Waals surface area contributed by atoms with Crippen molar-refractivity contribution in [3.8, 4) is 11.5 Å². The van der Waals surface area contributed by atoms with Crippen molar-refractivity contribution in [2.24, 2.45) is 0 Å². The van der Waals surface area contributed by atoms with Gasteiger partial charge in [0.25, 0.3) is 5.91 Å². The molecule has 9 heteroatoms. The highest BCUT2D eigenvalue weighted by Gasteiger charge is 2.21. The first-order valence-corrected chi connectivity index (χ1v) is 9.28. The number of carbonyl (C=O) groups excluding carboxylic acids is 2. The Hall–Kier alpha value is -4.27. The van der Waals surface area contributed by atoms with Crippen LogP contribution >= 0.6 is 0 Å². The summed E-state index contributed by atoms with van der Waals surface area (Å²) in [5, 5.41) is 9.57. The first kappa shape index (κ1) is 20.0. The summed E-state index contributed by atoms with van der Waals surface area (Å²) in [6.45, 7) is 1.40. The van der Waals surface area contributed by atoms with Crippen molar-refractivity contribution in [3.63, 3.8) is 0 Å². The third-order valence-electron chi connectivity index (χ3n) is 4.44. The fraction of sp³-hybridized carbons (Fsp3) is 0.0455. The van der Waals surface area contributed by atoms with Gasteiger partial charge in [-0.1, -0.05) is 0 Å². The third kappa shape index (κ3) is 4.20. The molecule has 0 unspecified atom stereocenters. The summed E-state index contributed by atoms with van der Waals surface area (Å²) in [6, 6.07) is 13.2. The van der Waals surface area contributed by atoms with E-state index in [1.54, 1.807) is 53.4 Å². The fourth-order valence-corrected chi connectivity index (χ4v) is 3.09. The minimum atomic E-state index is -0.808. The van der Waals surface area contributed by atoms with Crippen molar-refractivity contribution in [1.29, 1.82) is 0 Å². The summed E-state index contributed by atoms with van der Waals surface area (Å²) in [5.74, 6) is -1.89. The molecular formula is C22H17F2N5O2. The Kier molecular flexibility index (Phi) is 5.31. The average molecular weight is 421 g/mol. The van der Waals surface area contributed by atoms with E-state index in [-0.39, 0.29) is 17.2 Å². The highest BCUT2D eigenvalue weighted by Crippen LogP contribution is 2.23. The molecule has 2 amide bonds. The van der Waals surface area contributed by atoms with Gasteiger partial charge in [0.1, 0.15) is 17.1 Å². The Labute approximate surface area is 175 Å². The quantitative estimate of drug-likeness (QED) is 0.508. The molecule has 31 heavy (non-hydrogen) atoms. The predicted octanol–water partition coefficient (Wildman–Crippen LogP) is 4.15. The maximum absolute atomic E-state index is 14.4. The fourth-order valence-electron chi connectivity index (χ4n) is 3.09. The molecule has 0 atom stereocenters. The van der Waals surface area contributed by atoms with Gasteiger partial charge in [0.15, 0.2) is 11.6 Å². The molecule has 0 aliphatic rings. The molecular weight excluding hydrogens is 404 g/mol. The zero-order valence-electron chi connectivity index (χ0n) is 16.3. The van der Waals surface area contributed by atoms with Gasteiger partial charge in [-0.3, -0.25) is 9.59 Å². The summed E-state index contributed by atoms with van der Waals surface area (Å²) in [7, 11) is 0. The van der Waals surface area contributed by atoms with Crippen LogP contribution in [0.25, 0.3) is 11.5 Å². The Morgan fingerprint density at radius 3 is 2.19 bits per heavy atom. The maximum Gasteiger partial charge on any atom is 0.261 e. The number of amides is 2. The number of rotatable bonds is 5. The number of nitrogens with one attached hydrogen (secondary N) is 2. The number of carbonyl (C=O) groups is 2. The van der Waals surface area contributed by atoms with Gasteiger partial charge in [0, 0.05) is 36.8 Å². The topological polar surface area (TPSA) is 81.0 Å². The second-order valence-corrected chi connectivity index (χ2v) is 6.69. The van der Waals surface area contributed by atoms with Crippen molar-refractivity contribution in [2.75, 3.05) is 10.6 Å². The molecule has 2 aromatic carbocycles. The van der Waals surface area contributed by atoms with Crippen LogP contribution in [0.15, 0.2) is 73.2 Å². The molecule has 0 spiro atoms. The van der Waals surface area contributed by atoms with Gasteiger partial charge in [-0.2, -0.15) is 5.10 Å². The molecule has 0 saturated carbocycles. The van der Waals surface area contributed by atoms with Gasteiger partial charge in [-0.05, 0) is 48.5 Å². The lowest BCUT2D eigenvalue weighted by Gasteiger charge is -2.12. The normalized spacial score (nSPS) is 10.7. The summed E-state index contributed by atoms with van der Waals surface area (Å²) in [6.07, 6.45) is 4.70. The van der Waals surface area contributed by atoms with Crippen LogP contribution in [0, 0.1) is 11.6 Å². The van der Waals surface area contributed by atoms with E-state index in [1.165, 1.54) is 23.9 Å². The Bertz CT molecular complexity index is 1250. The van der Waals surface area contributed by atoms with E-state index in [1.807, 2.05) is 0 Å². The zero-order chi connectivity index (χ0) is 22.0. The van der Waals surface area contributed by atoms with Crippen LogP contribution in [0.3, 0.4) is 0 Å². The van der Waals surface area contributed by atoms with Gasteiger partial charge in [-0.25, -0.2) is 13.5 Å². The number of hydrogen-bond donors (Lipinski definition) is 2. The smallest absolute Gasteiger partial charge is 0.261 e. The van der Waals surface area contributed by atoms with E-state index < -0.39 is 17.5 Å². The molecule has 0 aliphatic heterocycles. The van der Waals surface area contributed by atoms with Gasteiger partial charge in [-0.15, -0.1) is 0 Å². The van der Waals surface area contributed by atoms with E-state index in [0.717, 1.165) is 12.1 Å². The molecule has 2 heterocycles. The first-order valence-electron chi connectivity index (χ1n) is 9.28. The lowest BCUT2D eigenvalue weighted by molar-refractivity contribution is -0.114. The van der Waals surface area contributed by atoms with Crippen molar-refractivity contribution in [3.05, 3.63) is 90.4 Å². The van der Waals surface area contributed by atoms with Crippen molar-refractivity contribution < 1.29 is 18.4 Å². The van der Waals surface area contributed by atoms with Crippen molar-refractivity contribution in [2.45, 2.75) is 6.92 Å².